The van der Waals surface area contributed by atoms with E-state index in [4.69, 9.17) is 33.0 Å². The van der Waals surface area contributed by atoms with E-state index in [0.29, 0.717) is 31.3 Å². The minimum Gasteiger partial charge on any atom is -0.467 e. The first kappa shape index (κ1) is 20.4. The number of esters is 1. The molecule has 1 saturated heterocycles. The highest BCUT2D eigenvalue weighted by Crippen LogP contribution is 2.34. The third kappa shape index (κ3) is 4.64. The van der Waals surface area contributed by atoms with Gasteiger partial charge in [-0.2, -0.15) is 0 Å². The lowest BCUT2D eigenvalue weighted by atomic mass is 10.2. The van der Waals surface area contributed by atoms with Crippen molar-refractivity contribution in [1.29, 1.82) is 0 Å². The van der Waals surface area contributed by atoms with Crippen molar-refractivity contribution in [3.63, 3.8) is 0 Å². The minimum absolute atomic E-state index is 0.190. The molecule has 30 heavy (non-hydrogen) atoms. The Morgan fingerprint density at radius 1 is 1.17 bits per heavy atom. The third-order valence-corrected chi connectivity index (χ3v) is 5.84. The first-order valence-corrected chi connectivity index (χ1v) is 10.5. The predicted molar refractivity (Wildman–Crippen MR) is 120 cm³/mol. The number of rotatable bonds is 5. The fraction of sp³-hybridized carbons (Fsp3) is 0.0455. The lowest BCUT2D eigenvalue weighted by Crippen LogP contribution is -2.27. The van der Waals surface area contributed by atoms with E-state index in [1.54, 1.807) is 66.9 Å². The van der Waals surface area contributed by atoms with Crippen LogP contribution in [0.2, 0.25) is 5.02 Å². The molecule has 2 heterocycles. The van der Waals surface area contributed by atoms with Gasteiger partial charge in [0.1, 0.15) is 15.8 Å². The van der Waals surface area contributed by atoms with Crippen molar-refractivity contribution < 1.29 is 18.7 Å². The summed E-state index contributed by atoms with van der Waals surface area (Å²) in [7, 11) is 0. The van der Waals surface area contributed by atoms with Crippen LogP contribution < -0.4 is 4.74 Å². The van der Waals surface area contributed by atoms with Gasteiger partial charge in [0.2, 0.25) is 0 Å². The molecule has 4 rings (SSSR count). The van der Waals surface area contributed by atoms with E-state index in [-0.39, 0.29) is 12.5 Å². The number of amides is 1. The molecule has 0 N–H and O–H groups in total. The van der Waals surface area contributed by atoms with E-state index < -0.39 is 5.97 Å². The van der Waals surface area contributed by atoms with Gasteiger partial charge in [0.05, 0.1) is 23.3 Å². The van der Waals surface area contributed by atoms with Gasteiger partial charge < -0.3 is 9.15 Å². The Labute approximate surface area is 187 Å². The number of nitrogens with zero attached hydrogens (tertiary/aromatic N) is 1. The number of hydrogen-bond donors (Lipinski definition) is 0. The molecule has 0 spiro atoms. The minimum atomic E-state index is -0.492. The van der Waals surface area contributed by atoms with E-state index in [1.165, 1.54) is 16.7 Å². The number of carbonyl (C=O) groups is 2. The van der Waals surface area contributed by atoms with Crippen molar-refractivity contribution in [2.75, 3.05) is 0 Å². The highest BCUT2D eigenvalue weighted by atomic mass is 35.5. The first-order chi connectivity index (χ1) is 14.5. The Morgan fingerprint density at radius 2 is 1.97 bits per heavy atom. The average Bonchev–Trinajstić information content (AvgIpc) is 3.33. The fourth-order valence-corrected chi connectivity index (χ4v) is 4.15. The molecule has 1 amide bonds. The van der Waals surface area contributed by atoms with Gasteiger partial charge in [-0.15, -0.1) is 0 Å². The zero-order valence-electron chi connectivity index (χ0n) is 15.4. The quantitative estimate of drug-likeness (QED) is 0.217. The van der Waals surface area contributed by atoms with Gasteiger partial charge in [-0.1, -0.05) is 47.7 Å². The van der Waals surface area contributed by atoms with Gasteiger partial charge in [0.25, 0.3) is 5.91 Å². The molecule has 0 atom stereocenters. The van der Waals surface area contributed by atoms with Crippen molar-refractivity contribution in [2.45, 2.75) is 6.54 Å². The average molecular weight is 456 g/mol. The summed E-state index contributed by atoms with van der Waals surface area (Å²) in [5.74, 6) is 0.344. The van der Waals surface area contributed by atoms with Gasteiger partial charge in [-0.05, 0) is 60.2 Å². The molecule has 5 nitrogen and oxygen atoms in total. The summed E-state index contributed by atoms with van der Waals surface area (Å²) < 4.78 is 11.2. The van der Waals surface area contributed by atoms with Gasteiger partial charge in [-0.3, -0.25) is 9.69 Å². The number of halogens is 1. The van der Waals surface area contributed by atoms with Crippen molar-refractivity contribution in [3.8, 4) is 5.75 Å². The molecule has 3 aromatic rings. The summed E-state index contributed by atoms with van der Waals surface area (Å²) in [5.41, 5.74) is 1.11. The zero-order valence-corrected chi connectivity index (χ0v) is 17.8. The number of thioether (sulfide) groups is 1. The Morgan fingerprint density at radius 3 is 2.70 bits per heavy atom. The second-order valence-corrected chi connectivity index (χ2v) is 8.43. The molecule has 0 saturated carbocycles. The first-order valence-electron chi connectivity index (χ1n) is 8.85. The van der Waals surface area contributed by atoms with Crippen LogP contribution in [0.15, 0.2) is 76.2 Å². The second-order valence-electron chi connectivity index (χ2n) is 6.32. The highest BCUT2D eigenvalue weighted by Gasteiger charge is 2.32. The van der Waals surface area contributed by atoms with Crippen LogP contribution in [0.5, 0.6) is 5.75 Å². The standard InChI is InChI=1S/C22H14ClNO4S2/c23-16-8-6-15(7-9-16)21(26)28-17-4-1-3-14(11-17)12-19-20(25)24(22(29)30-19)13-18-5-2-10-27-18/h1-12H,13H2/b19-12+. The summed E-state index contributed by atoms with van der Waals surface area (Å²) in [4.78, 5) is 27.0. The molecule has 0 aliphatic carbocycles. The van der Waals surface area contributed by atoms with Crippen molar-refractivity contribution in [3.05, 3.63) is 93.7 Å². The molecule has 0 radical (unpaired) electrons. The van der Waals surface area contributed by atoms with Crippen molar-refractivity contribution >= 4 is 57.9 Å². The van der Waals surface area contributed by atoms with Gasteiger partial charge in [-0.25, -0.2) is 4.79 Å². The Bertz CT molecular complexity index is 1140. The molecule has 1 aliphatic heterocycles. The molecule has 0 bridgehead atoms. The van der Waals surface area contributed by atoms with Crippen LogP contribution in [-0.4, -0.2) is 21.1 Å². The maximum atomic E-state index is 12.7. The van der Waals surface area contributed by atoms with Crippen molar-refractivity contribution in [1.82, 2.24) is 4.90 Å². The Kier molecular flexibility index (Phi) is 6.03. The molecule has 1 aliphatic rings. The molecule has 1 aromatic heterocycles. The smallest absolute Gasteiger partial charge is 0.343 e. The molecule has 1 fully saturated rings. The van der Waals surface area contributed by atoms with Crippen LogP contribution in [0.4, 0.5) is 0 Å². The van der Waals surface area contributed by atoms with Crippen LogP contribution in [0, 0.1) is 0 Å². The number of hydrogen-bond acceptors (Lipinski definition) is 6. The molecular weight excluding hydrogens is 442 g/mol. The highest BCUT2D eigenvalue weighted by molar-refractivity contribution is 8.26. The lowest BCUT2D eigenvalue weighted by Gasteiger charge is -2.12. The van der Waals surface area contributed by atoms with Crippen molar-refractivity contribution in [2.24, 2.45) is 0 Å². The maximum Gasteiger partial charge on any atom is 0.343 e. The molecule has 150 valence electrons. The van der Waals surface area contributed by atoms with Gasteiger partial charge in [0.15, 0.2) is 0 Å². The van der Waals surface area contributed by atoms with E-state index in [2.05, 4.69) is 0 Å². The number of thiocarbonyl (C=S) groups is 1. The Balaban J connectivity index is 1.49. The Hall–Kier alpha value is -2.87. The lowest BCUT2D eigenvalue weighted by molar-refractivity contribution is -0.122. The summed E-state index contributed by atoms with van der Waals surface area (Å²) in [6.45, 7) is 0.285. The van der Waals surface area contributed by atoms with E-state index >= 15 is 0 Å². The van der Waals surface area contributed by atoms with E-state index in [1.807, 2.05) is 6.07 Å². The summed E-state index contributed by atoms with van der Waals surface area (Å²) in [6, 6.07) is 16.9. The monoisotopic (exact) mass is 455 g/mol. The van der Waals surface area contributed by atoms with Gasteiger partial charge in [0, 0.05) is 5.02 Å². The third-order valence-electron chi connectivity index (χ3n) is 4.21. The number of carbonyl (C=O) groups excluding carboxylic acids is 2. The van der Waals surface area contributed by atoms with Crippen LogP contribution in [-0.2, 0) is 11.3 Å². The topological polar surface area (TPSA) is 59.8 Å². The SMILES string of the molecule is O=C(Oc1cccc(/C=C2/SC(=S)N(Cc3ccco3)C2=O)c1)c1ccc(Cl)cc1. The molecular formula is C22H14ClNO4S2. The number of benzene rings is 2. The van der Waals surface area contributed by atoms with Crippen LogP contribution in [0.3, 0.4) is 0 Å². The largest absolute Gasteiger partial charge is 0.467 e. The number of ether oxygens (including phenoxy) is 1. The van der Waals surface area contributed by atoms with E-state index in [9.17, 15) is 9.59 Å². The summed E-state index contributed by atoms with van der Waals surface area (Å²) >= 11 is 12.4. The zero-order chi connectivity index (χ0) is 21.1. The van der Waals surface area contributed by atoms with E-state index in [0.717, 1.165) is 5.56 Å². The second kappa shape index (κ2) is 8.87. The normalized spacial score (nSPS) is 15.1. The summed E-state index contributed by atoms with van der Waals surface area (Å²) in [5, 5.41) is 0.540. The van der Waals surface area contributed by atoms with Crippen LogP contribution >= 0.6 is 35.6 Å². The van der Waals surface area contributed by atoms with Crippen LogP contribution in [0.1, 0.15) is 21.7 Å². The predicted octanol–water partition coefficient (Wildman–Crippen LogP) is 5.55. The van der Waals surface area contributed by atoms with Gasteiger partial charge >= 0.3 is 5.97 Å². The summed E-state index contributed by atoms with van der Waals surface area (Å²) in [6.07, 6.45) is 3.28. The fourth-order valence-electron chi connectivity index (χ4n) is 2.77. The number of furan rings is 1. The molecule has 8 heteroatoms. The maximum absolute atomic E-state index is 12.7. The molecule has 2 aromatic carbocycles. The molecule has 0 unspecified atom stereocenters. The van der Waals surface area contributed by atoms with Crippen LogP contribution in [0.25, 0.3) is 6.08 Å².